The molecule has 0 radical (unpaired) electrons. The Morgan fingerprint density at radius 3 is 3.00 bits per heavy atom. The molecule has 2 nitrogen and oxygen atoms in total. The highest BCUT2D eigenvalue weighted by Crippen LogP contribution is 2.16. The second-order valence-corrected chi connectivity index (χ2v) is 4.46. The lowest BCUT2D eigenvalue weighted by Crippen LogP contribution is -1.96. The Labute approximate surface area is 81.7 Å². The van der Waals surface area contributed by atoms with Crippen LogP contribution in [0.4, 0.5) is 0 Å². The first-order valence-corrected chi connectivity index (χ1v) is 5.33. The van der Waals surface area contributed by atoms with Crippen LogP contribution in [-0.4, -0.2) is 9.97 Å². The number of thiazole rings is 1. The van der Waals surface area contributed by atoms with Crippen LogP contribution >= 0.6 is 11.3 Å². The van der Waals surface area contributed by atoms with Crippen molar-refractivity contribution in [2.24, 2.45) is 5.92 Å². The Morgan fingerprint density at radius 2 is 2.23 bits per heavy atom. The van der Waals surface area contributed by atoms with Gasteiger partial charge >= 0.3 is 0 Å². The average molecular weight is 192 g/mol. The molecule has 0 aromatic carbocycles. The molecule has 3 heteroatoms. The van der Waals surface area contributed by atoms with Gasteiger partial charge in [0.2, 0.25) is 0 Å². The van der Waals surface area contributed by atoms with Crippen molar-refractivity contribution < 1.29 is 0 Å². The van der Waals surface area contributed by atoms with Crippen molar-refractivity contribution in [3.8, 4) is 0 Å². The molecule has 0 unspecified atom stereocenters. The van der Waals surface area contributed by atoms with Gasteiger partial charge in [-0.3, -0.25) is 0 Å². The van der Waals surface area contributed by atoms with Gasteiger partial charge in [-0.25, -0.2) is 9.97 Å². The minimum Gasteiger partial charge on any atom is -0.232 e. The molecule has 2 rings (SSSR count). The summed E-state index contributed by atoms with van der Waals surface area (Å²) in [5.41, 5.74) is 3.88. The van der Waals surface area contributed by atoms with Gasteiger partial charge in [-0.05, 0) is 24.5 Å². The summed E-state index contributed by atoms with van der Waals surface area (Å²) in [6, 6.07) is 4.21. The van der Waals surface area contributed by atoms with Crippen LogP contribution < -0.4 is 0 Å². The fraction of sp³-hybridized carbons (Fsp3) is 0.400. The van der Waals surface area contributed by atoms with E-state index in [-0.39, 0.29) is 0 Å². The number of rotatable bonds is 2. The van der Waals surface area contributed by atoms with Crippen molar-refractivity contribution in [1.29, 1.82) is 0 Å². The van der Waals surface area contributed by atoms with Gasteiger partial charge in [0.25, 0.3) is 0 Å². The molecule has 2 heterocycles. The minimum absolute atomic E-state index is 0.656. The molecule has 13 heavy (non-hydrogen) atoms. The quantitative estimate of drug-likeness (QED) is 0.731. The topological polar surface area (TPSA) is 25.8 Å². The summed E-state index contributed by atoms with van der Waals surface area (Å²) in [4.78, 5) is 8.67. The SMILES string of the molecule is CC(C)Cc1ccc2scnc2n1. The highest BCUT2D eigenvalue weighted by molar-refractivity contribution is 7.16. The van der Waals surface area contributed by atoms with Gasteiger partial charge in [-0.2, -0.15) is 0 Å². The zero-order chi connectivity index (χ0) is 9.26. The van der Waals surface area contributed by atoms with E-state index in [0.29, 0.717) is 5.92 Å². The van der Waals surface area contributed by atoms with Crippen LogP contribution in [0.1, 0.15) is 19.5 Å². The molecule has 0 spiro atoms. The zero-order valence-electron chi connectivity index (χ0n) is 7.82. The summed E-state index contributed by atoms with van der Waals surface area (Å²) in [6.07, 6.45) is 1.04. The molecule has 0 N–H and O–H groups in total. The summed E-state index contributed by atoms with van der Waals surface area (Å²) in [7, 11) is 0. The molecule has 0 aliphatic carbocycles. The number of fused-ring (bicyclic) bond motifs is 1. The van der Waals surface area contributed by atoms with Crippen LogP contribution in [-0.2, 0) is 6.42 Å². The van der Waals surface area contributed by atoms with E-state index in [2.05, 4.69) is 35.9 Å². The zero-order valence-corrected chi connectivity index (χ0v) is 8.64. The number of hydrogen-bond donors (Lipinski definition) is 0. The number of aromatic nitrogens is 2. The van der Waals surface area contributed by atoms with Crippen molar-refractivity contribution in [1.82, 2.24) is 9.97 Å². The van der Waals surface area contributed by atoms with Gasteiger partial charge in [0.05, 0.1) is 10.2 Å². The first-order chi connectivity index (χ1) is 6.25. The van der Waals surface area contributed by atoms with Crippen molar-refractivity contribution in [3.05, 3.63) is 23.3 Å². The van der Waals surface area contributed by atoms with Gasteiger partial charge in [0.15, 0.2) is 5.65 Å². The Bertz CT molecular complexity index is 406. The molecule has 0 aliphatic heterocycles. The summed E-state index contributed by atoms with van der Waals surface area (Å²) in [5, 5.41) is 0. The standard InChI is InChI=1S/C10H12N2S/c1-7(2)5-8-3-4-9-10(12-8)11-6-13-9/h3-4,6-7H,5H2,1-2H3. The molecule has 0 atom stereocenters. The molecule has 0 saturated heterocycles. The van der Waals surface area contributed by atoms with E-state index in [0.717, 1.165) is 17.8 Å². The molecule has 68 valence electrons. The van der Waals surface area contributed by atoms with Gasteiger partial charge in [-0.1, -0.05) is 13.8 Å². The maximum absolute atomic E-state index is 4.47. The molecule has 0 aliphatic rings. The van der Waals surface area contributed by atoms with Gasteiger partial charge in [0.1, 0.15) is 0 Å². The first kappa shape index (κ1) is 8.63. The summed E-state index contributed by atoms with van der Waals surface area (Å²) in [5.74, 6) is 0.656. The van der Waals surface area contributed by atoms with Crippen molar-refractivity contribution in [2.75, 3.05) is 0 Å². The largest absolute Gasteiger partial charge is 0.232 e. The van der Waals surface area contributed by atoms with E-state index < -0.39 is 0 Å². The molecule has 0 bridgehead atoms. The van der Waals surface area contributed by atoms with E-state index in [1.54, 1.807) is 11.3 Å². The summed E-state index contributed by atoms with van der Waals surface area (Å²) in [6.45, 7) is 4.40. The predicted molar refractivity (Wildman–Crippen MR) is 56.0 cm³/mol. The molecule has 0 amide bonds. The third-order valence-electron chi connectivity index (χ3n) is 1.87. The fourth-order valence-electron chi connectivity index (χ4n) is 1.32. The van der Waals surface area contributed by atoms with Gasteiger partial charge in [-0.15, -0.1) is 11.3 Å². The third kappa shape index (κ3) is 1.86. The van der Waals surface area contributed by atoms with Crippen molar-refractivity contribution in [2.45, 2.75) is 20.3 Å². The molecule has 0 saturated carbocycles. The third-order valence-corrected chi connectivity index (χ3v) is 2.65. The van der Waals surface area contributed by atoms with Gasteiger partial charge < -0.3 is 0 Å². The Hall–Kier alpha value is -0.960. The van der Waals surface area contributed by atoms with E-state index in [9.17, 15) is 0 Å². The number of pyridine rings is 1. The lowest BCUT2D eigenvalue weighted by atomic mass is 10.1. The minimum atomic E-state index is 0.656. The summed E-state index contributed by atoms with van der Waals surface area (Å²) >= 11 is 1.64. The van der Waals surface area contributed by atoms with Crippen LogP contribution in [0.3, 0.4) is 0 Å². The second kappa shape index (κ2) is 3.42. The van der Waals surface area contributed by atoms with Crippen LogP contribution in [0.25, 0.3) is 10.3 Å². The lowest BCUT2D eigenvalue weighted by molar-refractivity contribution is 0.637. The molecular formula is C10H12N2S. The van der Waals surface area contributed by atoms with E-state index in [1.807, 2.05) is 5.51 Å². The number of hydrogen-bond acceptors (Lipinski definition) is 3. The second-order valence-electron chi connectivity index (χ2n) is 3.57. The van der Waals surface area contributed by atoms with E-state index >= 15 is 0 Å². The molecule has 2 aromatic rings. The Morgan fingerprint density at radius 1 is 1.38 bits per heavy atom. The van der Waals surface area contributed by atoms with Crippen LogP contribution in [0.15, 0.2) is 17.6 Å². The van der Waals surface area contributed by atoms with E-state index in [1.165, 1.54) is 4.70 Å². The number of nitrogens with zero attached hydrogens (tertiary/aromatic N) is 2. The molecule has 2 aromatic heterocycles. The Balaban J connectivity index is 2.37. The molecule has 0 fully saturated rings. The van der Waals surface area contributed by atoms with E-state index in [4.69, 9.17) is 0 Å². The van der Waals surface area contributed by atoms with Crippen molar-refractivity contribution >= 4 is 21.7 Å². The average Bonchev–Trinajstić information content (AvgIpc) is 2.49. The maximum atomic E-state index is 4.47. The van der Waals surface area contributed by atoms with Crippen LogP contribution in [0.2, 0.25) is 0 Å². The fourth-order valence-corrected chi connectivity index (χ4v) is 1.94. The first-order valence-electron chi connectivity index (χ1n) is 4.45. The smallest absolute Gasteiger partial charge is 0.170 e. The maximum Gasteiger partial charge on any atom is 0.170 e. The van der Waals surface area contributed by atoms with Gasteiger partial charge in [0, 0.05) is 5.69 Å². The Kier molecular flexibility index (Phi) is 2.27. The normalized spacial score (nSPS) is 11.3. The molecular weight excluding hydrogens is 180 g/mol. The summed E-state index contributed by atoms with van der Waals surface area (Å²) < 4.78 is 1.17. The highest BCUT2D eigenvalue weighted by Gasteiger charge is 2.02. The lowest BCUT2D eigenvalue weighted by Gasteiger charge is -2.02. The van der Waals surface area contributed by atoms with Crippen molar-refractivity contribution in [3.63, 3.8) is 0 Å². The predicted octanol–water partition coefficient (Wildman–Crippen LogP) is 2.89. The van der Waals surface area contributed by atoms with Crippen LogP contribution in [0.5, 0.6) is 0 Å². The van der Waals surface area contributed by atoms with Crippen LogP contribution in [0, 0.1) is 5.92 Å². The highest BCUT2D eigenvalue weighted by atomic mass is 32.1. The monoisotopic (exact) mass is 192 g/mol.